The summed E-state index contributed by atoms with van der Waals surface area (Å²) in [4.78, 5) is 20.3. The van der Waals surface area contributed by atoms with Gasteiger partial charge in [-0.15, -0.1) is 11.8 Å². The average Bonchev–Trinajstić information content (AvgIpc) is 2.83. The number of para-hydroxylation sites is 1. The highest BCUT2D eigenvalue weighted by atomic mass is 32.2. The van der Waals surface area contributed by atoms with Crippen molar-refractivity contribution in [1.82, 2.24) is 9.88 Å². The van der Waals surface area contributed by atoms with Crippen LogP contribution >= 0.6 is 11.8 Å². The lowest BCUT2D eigenvalue weighted by atomic mass is 9.98. The second-order valence-electron chi connectivity index (χ2n) is 7.56. The predicted molar refractivity (Wildman–Crippen MR) is 121 cm³/mol. The maximum absolute atomic E-state index is 13.0. The van der Waals surface area contributed by atoms with Gasteiger partial charge in [0.05, 0.1) is 6.61 Å². The molecule has 5 heteroatoms. The van der Waals surface area contributed by atoms with Crippen LogP contribution in [0.15, 0.2) is 84.0 Å². The Morgan fingerprint density at radius 3 is 2.67 bits per heavy atom. The van der Waals surface area contributed by atoms with Crippen LogP contribution in [0.4, 0.5) is 0 Å². The lowest BCUT2D eigenvalue weighted by molar-refractivity contribution is 0.0633. The molecule has 1 fully saturated rings. The molecule has 2 aromatic carbocycles. The highest BCUT2D eigenvalue weighted by Crippen LogP contribution is 2.24. The van der Waals surface area contributed by atoms with Gasteiger partial charge in [-0.05, 0) is 60.9 Å². The minimum absolute atomic E-state index is 0.114. The van der Waals surface area contributed by atoms with Crippen molar-refractivity contribution in [2.75, 3.05) is 19.7 Å². The molecule has 3 aromatic rings. The van der Waals surface area contributed by atoms with Crippen molar-refractivity contribution in [3.63, 3.8) is 0 Å². The Morgan fingerprint density at radius 1 is 1.07 bits per heavy atom. The molecular weight excluding hydrogens is 392 g/mol. The zero-order valence-electron chi connectivity index (χ0n) is 16.9. The molecule has 154 valence electrons. The molecular formula is C25H26N2O2S. The maximum Gasteiger partial charge on any atom is 0.253 e. The van der Waals surface area contributed by atoms with Crippen LogP contribution in [0.2, 0.25) is 0 Å². The first-order valence-electron chi connectivity index (χ1n) is 10.4. The van der Waals surface area contributed by atoms with Gasteiger partial charge in [-0.1, -0.05) is 24.3 Å². The first-order valence-corrected chi connectivity index (χ1v) is 11.4. The number of aromatic nitrogens is 1. The molecule has 0 saturated carbocycles. The first-order chi connectivity index (χ1) is 14.8. The second kappa shape index (κ2) is 10.3. The Hall–Kier alpha value is -2.79. The number of hydrogen-bond donors (Lipinski definition) is 0. The van der Waals surface area contributed by atoms with Crippen molar-refractivity contribution in [2.24, 2.45) is 5.92 Å². The molecule has 0 N–H and O–H groups in total. The normalized spacial score (nSPS) is 16.3. The van der Waals surface area contributed by atoms with Crippen LogP contribution in [0, 0.1) is 5.92 Å². The largest absolute Gasteiger partial charge is 0.493 e. The third-order valence-corrected chi connectivity index (χ3v) is 6.35. The van der Waals surface area contributed by atoms with Crippen molar-refractivity contribution in [3.8, 4) is 5.75 Å². The summed E-state index contributed by atoms with van der Waals surface area (Å²) in [5, 5.41) is 0. The SMILES string of the molecule is O=C(c1ccc(SCc2cccnc2)cc1)N1CCCC(COc2ccccc2)C1. The fourth-order valence-electron chi connectivity index (χ4n) is 3.64. The van der Waals surface area contributed by atoms with E-state index in [9.17, 15) is 4.79 Å². The van der Waals surface area contributed by atoms with Gasteiger partial charge in [-0.25, -0.2) is 0 Å². The van der Waals surface area contributed by atoms with E-state index >= 15 is 0 Å². The summed E-state index contributed by atoms with van der Waals surface area (Å²) in [7, 11) is 0. The quantitative estimate of drug-likeness (QED) is 0.488. The van der Waals surface area contributed by atoms with Crippen LogP contribution in [0.25, 0.3) is 0 Å². The zero-order valence-corrected chi connectivity index (χ0v) is 17.8. The van der Waals surface area contributed by atoms with Crippen LogP contribution < -0.4 is 4.74 Å². The summed E-state index contributed by atoms with van der Waals surface area (Å²) < 4.78 is 5.91. The fraction of sp³-hybridized carbons (Fsp3) is 0.280. The van der Waals surface area contributed by atoms with Crippen molar-refractivity contribution < 1.29 is 9.53 Å². The summed E-state index contributed by atoms with van der Waals surface area (Å²) in [6, 6.07) is 21.9. The van der Waals surface area contributed by atoms with Crippen molar-refractivity contribution in [1.29, 1.82) is 0 Å². The van der Waals surface area contributed by atoms with E-state index < -0.39 is 0 Å². The van der Waals surface area contributed by atoms with Gasteiger partial charge in [0.2, 0.25) is 0 Å². The molecule has 2 heterocycles. The number of rotatable bonds is 7. The Bertz CT molecular complexity index is 932. The first kappa shape index (κ1) is 20.5. The lowest BCUT2D eigenvalue weighted by Gasteiger charge is -2.32. The van der Waals surface area contributed by atoms with Crippen molar-refractivity contribution in [2.45, 2.75) is 23.5 Å². The number of ether oxygens (including phenoxy) is 1. The van der Waals surface area contributed by atoms with E-state index in [0.717, 1.165) is 47.9 Å². The van der Waals surface area contributed by atoms with E-state index in [4.69, 9.17) is 4.74 Å². The van der Waals surface area contributed by atoms with Crippen molar-refractivity contribution >= 4 is 17.7 Å². The number of nitrogens with zero attached hydrogens (tertiary/aromatic N) is 2. The molecule has 0 bridgehead atoms. The molecule has 1 aliphatic heterocycles. The Labute approximate surface area is 182 Å². The molecule has 30 heavy (non-hydrogen) atoms. The highest BCUT2D eigenvalue weighted by Gasteiger charge is 2.25. The molecule has 1 amide bonds. The van der Waals surface area contributed by atoms with E-state index in [-0.39, 0.29) is 5.91 Å². The van der Waals surface area contributed by atoms with Gasteiger partial charge < -0.3 is 9.64 Å². The molecule has 1 aliphatic rings. The van der Waals surface area contributed by atoms with Gasteiger partial charge in [-0.2, -0.15) is 0 Å². The number of amides is 1. The molecule has 1 saturated heterocycles. The predicted octanol–water partition coefficient (Wildman–Crippen LogP) is 5.31. The molecule has 0 radical (unpaired) electrons. The Kier molecular flexibility index (Phi) is 7.03. The van der Waals surface area contributed by atoms with Gasteiger partial charge in [-0.3, -0.25) is 9.78 Å². The average molecular weight is 419 g/mol. The maximum atomic E-state index is 13.0. The number of likely N-dealkylation sites (tertiary alicyclic amines) is 1. The second-order valence-corrected chi connectivity index (χ2v) is 8.61. The molecule has 0 spiro atoms. The minimum atomic E-state index is 0.114. The van der Waals surface area contributed by atoms with Gasteiger partial charge >= 0.3 is 0 Å². The Morgan fingerprint density at radius 2 is 1.90 bits per heavy atom. The Balaban J connectivity index is 1.29. The number of carbonyl (C=O) groups excluding carboxylic acids is 1. The monoisotopic (exact) mass is 418 g/mol. The molecule has 0 aliphatic carbocycles. The van der Waals surface area contributed by atoms with Crippen LogP contribution in [0.3, 0.4) is 0 Å². The third kappa shape index (κ3) is 5.63. The zero-order chi connectivity index (χ0) is 20.6. The number of piperidine rings is 1. The summed E-state index contributed by atoms with van der Waals surface area (Å²) in [6.07, 6.45) is 5.79. The third-order valence-electron chi connectivity index (χ3n) is 5.26. The van der Waals surface area contributed by atoms with Crippen LogP contribution in [-0.4, -0.2) is 35.5 Å². The summed E-state index contributed by atoms with van der Waals surface area (Å²) in [5.74, 6) is 2.25. The van der Waals surface area contributed by atoms with Gasteiger partial charge in [0.25, 0.3) is 5.91 Å². The topological polar surface area (TPSA) is 42.4 Å². The number of pyridine rings is 1. The minimum Gasteiger partial charge on any atom is -0.493 e. The lowest BCUT2D eigenvalue weighted by Crippen LogP contribution is -2.41. The van der Waals surface area contributed by atoms with E-state index in [1.54, 1.807) is 18.0 Å². The molecule has 4 rings (SSSR count). The number of benzene rings is 2. The van der Waals surface area contributed by atoms with Crippen LogP contribution in [0.1, 0.15) is 28.8 Å². The van der Waals surface area contributed by atoms with Crippen LogP contribution in [-0.2, 0) is 5.75 Å². The van der Waals surface area contributed by atoms with Crippen molar-refractivity contribution in [3.05, 3.63) is 90.3 Å². The van der Waals surface area contributed by atoms with E-state index in [1.807, 2.05) is 71.8 Å². The molecule has 4 nitrogen and oxygen atoms in total. The summed E-state index contributed by atoms with van der Waals surface area (Å²) in [5.41, 5.74) is 1.95. The standard InChI is InChI=1S/C25H26N2O2S/c28-25(22-10-12-24(13-11-22)30-19-20-6-4-14-26-16-20)27-15-5-7-21(17-27)18-29-23-8-2-1-3-9-23/h1-4,6,8-14,16,21H,5,7,15,17-19H2. The van der Waals surface area contributed by atoms with Gasteiger partial charge in [0.15, 0.2) is 0 Å². The number of carbonyl (C=O) groups is 1. The van der Waals surface area contributed by atoms with Crippen LogP contribution in [0.5, 0.6) is 5.75 Å². The highest BCUT2D eigenvalue weighted by molar-refractivity contribution is 7.98. The van der Waals surface area contributed by atoms with Gasteiger partial charge in [0, 0.05) is 47.6 Å². The van der Waals surface area contributed by atoms with E-state index in [2.05, 4.69) is 11.1 Å². The van der Waals surface area contributed by atoms with E-state index in [0.29, 0.717) is 12.5 Å². The molecule has 1 unspecified atom stereocenters. The molecule has 1 aromatic heterocycles. The van der Waals surface area contributed by atoms with Gasteiger partial charge in [0.1, 0.15) is 5.75 Å². The number of hydrogen-bond acceptors (Lipinski definition) is 4. The summed E-state index contributed by atoms with van der Waals surface area (Å²) in [6.45, 7) is 2.22. The molecule has 1 atom stereocenters. The fourth-order valence-corrected chi connectivity index (χ4v) is 4.48. The number of thioether (sulfide) groups is 1. The summed E-state index contributed by atoms with van der Waals surface area (Å²) >= 11 is 1.75. The smallest absolute Gasteiger partial charge is 0.253 e. The van der Waals surface area contributed by atoms with E-state index in [1.165, 1.54) is 5.56 Å².